The highest BCUT2D eigenvalue weighted by molar-refractivity contribution is 5.55. The first-order chi connectivity index (χ1) is 4.27. The van der Waals surface area contributed by atoms with Crippen molar-refractivity contribution in [2.75, 3.05) is 20.6 Å². The van der Waals surface area contributed by atoms with Crippen molar-refractivity contribution in [1.82, 2.24) is 4.90 Å². The van der Waals surface area contributed by atoms with Crippen LogP contribution >= 0.6 is 0 Å². The Morgan fingerprint density at radius 1 is 1.56 bits per heavy atom. The molecule has 0 aromatic rings. The highest BCUT2D eigenvalue weighted by Crippen LogP contribution is 1.86. The van der Waals surface area contributed by atoms with Crippen LogP contribution in [0.2, 0.25) is 0 Å². The molecule has 0 rings (SSSR count). The van der Waals surface area contributed by atoms with E-state index in [0.717, 1.165) is 19.4 Å². The summed E-state index contributed by atoms with van der Waals surface area (Å²) in [5.74, 6) is 0. The van der Waals surface area contributed by atoms with Gasteiger partial charge in [0, 0.05) is 6.21 Å². The van der Waals surface area contributed by atoms with Gasteiger partial charge in [-0.2, -0.15) is 0 Å². The number of hydrogen-bond donors (Lipinski definition) is 1. The van der Waals surface area contributed by atoms with E-state index in [0.29, 0.717) is 0 Å². The third-order valence-corrected chi connectivity index (χ3v) is 1.02. The van der Waals surface area contributed by atoms with Crippen LogP contribution in [-0.4, -0.2) is 37.0 Å². The van der Waals surface area contributed by atoms with Crippen molar-refractivity contribution in [3.8, 4) is 0 Å². The minimum atomic E-state index is 0.856. The molecule has 0 aromatic heterocycles. The van der Waals surface area contributed by atoms with Gasteiger partial charge >= 0.3 is 0 Å². The highest BCUT2D eigenvalue weighted by atomic mass is 16.4. The van der Waals surface area contributed by atoms with Gasteiger partial charge in [0.05, 0.1) is 0 Å². The molecular formula is C6H14N2O. The molecule has 0 saturated heterocycles. The largest absolute Gasteiger partial charge is 0.411 e. The number of unbranched alkanes of at least 4 members (excludes halogenated alkanes) is 1. The molecule has 0 amide bonds. The van der Waals surface area contributed by atoms with Crippen LogP contribution in [0, 0.1) is 0 Å². The van der Waals surface area contributed by atoms with Crippen LogP contribution in [0.15, 0.2) is 5.16 Å². The van der Waals surface area contributed by atoms with Gasteiger partial charge in [-0.3, -0.25) is 0 Å². The first-order valence-electron chi connectivity index (χ1n) is 3.08. The molecule has 3 nitrogen and oxygen atoms in total. The molecular weight excluding hydrogens is 116 g/mol. The zero-order valence-corrected chi connectivity index (χ0v) is 6.04. The van der Waals surface area contributed by atoms with Gasteiger partial charge in [0.2, 0.25) is 0 Å². The molecule has 0 unspecified atom stereocenters. The Morgan fingerprint density at radius 2 is 2.22 bits per heavy atom. The monoisotopic (exact) mass is 130 g/mol. The van der Waals surface area contributed by atoms with Crippen molar-refractivity contribution >= 4 is 6.21 Å². The van der Waals surface area contributed by atoms with Crippen molar-refractivity contribution in [2.45, 2.75) is 12.8 Å². The maximum atomic E-state index is 7.99. The van der Waals surface area contributed by atoms with Crippen LogP contribution in [0.5, 0.6) is 0 Å². The lowest BCUT2D eigenvalue weighted by Crippen LogP contribution is -2.12. The number of hydrogen-bond acceptors (Lipinski definition) is 3. The molecule has 0 aliphatic rings. The van der Waals surface area contributed by atoms with Gasteiger partial charge in [0.15, 0.2) is 0 Å². The average Bonchev–Trinajstić information content (AvgIpc) is 1.80. The summed E-state index contributed by atoms with van der Waals surface area (Å²) < 4.78 is 0. The van der Waals surface area contributed by atoms with E-state index in [9.17, 15) is 0 Å². The smallest absolute Gasteiger partial charge is 0.0436 e. The SMILES string of the molecule is CN(C)CCC/C=N\O. The molecule has 0 saturated carbocycles. The summed E-state index contributed by atoms with van der Waals surface area (Å²) in [5.41, 5.74) is 0. The summed E-state index contributed by atoms with van der Waals surface area (Å²) >= 11 is 0. The zero-order chi connectivity index (χ0) is 7.11. The molecule has 54 valence electrons. The molecule has 0 atom stereocenters. The lowest BCUT2D eigenvalue weighted by molar-refractivity contribution is 0.319. The van der Waals surface area contributed by atoms with Gasteiger partial charge in [0.25, 0.3) is 0 Å². The average molecular weight is 130 g/mol. The van der Waals surface area contributed by atoms with Gasteiger partial charge < -0.3 is 10.1 Å². The van der Waals surface area contributed by atoms with Crippen molar-refractivity contribution in [2.24, 2.45) is 5.16 Å². The first kappa shape index (κ1) is 8.43. The maximum Gasteiger partial charge on any atom is 0.0436 e. The predicted octanol–water partition coefficient (Wildman–Crippen LogP) is 0.788. The summed E-state index contributed by atoms with van der Waals surface area (Å²) in [6.07, 6.45) is 3.43. The van der Waals surface area contributed by atoms with E-state index in [4.69, 9.17) is 5.21 Å². The quantitative estimate of drug-likeness (QED) is 0.264. The molecule has 9 heavy (non-hydrogen) atoms. The fourth-order valence-electron chi connectivity index (χ4n) is 0.557. The van der Waals surface area contributed by atoms with Crippen molar-refractivity contribution in [3.05, 3.63) is 0 Å². The van der Waals surface area contributed by atoms with Gasteiger partial charge in [-0.25, -0.2) is 0 Å². The van der Waals surface area contributed by atoms with Crippen LogP contribution in [0.4, 0.5) is 0 Å². The van der Waals surface area contributed by atoms with E-state index in [1.165, 1.54) is 6.21 Å². The van der Waals surface area contributed by atoms with E-state index in [1.807, 2.05) is 14.1 Å². The molecule has 1 N–H and O–H groups in total. The molecule has 0 spiro atoms. The summed E-state index contributed by atoms with van der Waals surface area (Å²) in [5, 5.41) is 10.9. The van der Waals surface area contributed by atoms with Crippen molar-refractivity contribution < 1.29 is 5.21 Å². The maximum absolute atomic E-state index is 7.99. The Balaban J connectivity index is 2.91. The van der Waals surface area contributed by atoms with E-state index in [-0.39, 0.29) is 0 Å². The van der Waals surface area contributed by atoms with Crippen LogP contribution in [0.25, 0.3) is 0 Å². The molecule has 0 bridgehead atoms. The standard InChI is InChI=1S/C6H14N2O/c1-8(2)6-4-3-5-7-9/h5,9H,3-4,6H2,1-2H3/b7-5-. The second kappa shape index (κ2) is 5.56. The fraction of sp³-hybridized carbons (Fsp3) is 0.833. The Bertz CT molecular complexity index is 81.1. The second-order valence-electron chi connectivity index (χ2n) is 2.24. The van der Waals surface area contributed by atoms with Crippen LogP contribution in [0.3, 0.4) is 0 Å². The van der Waals surface area contributed by atoms with Gasteiger partial charge in [-0.1, -0.05) is 0 Å². The lowest BCUT2D eigenvalue weighted by Gasteiger charge is -2.05. The van der Waals surface area contributed by atoms with Gasteiger partial charge in [-0.15, -0.1) is 5.16 Å². The lowest BCUT2D eigenvalue weighted by atomic mass is 10.3. The third kappa shape index (κ3) is 7.43. The Morgan fingerprint density at radius 3 is 2.67 bits per heavy atom. The molecule has 0 aliphatic carbocycles. The topological polar surface area (TPSA) is 35.8 Å². The Hall–Kier alpha value is -0.570. The summed E-state index contributed by atoms with van der Waals surface area (Å²) in [6, 6.07) is 0. The predicted molar refractivity (Wildman–Crippen MR) is 38.1 cm³/mol. The fourth-order valence-corrected chi connectivity index (χ4v) is 0.557. The van der Waals surface area contributed by atoms with E-state index in [2.05, 4.69) is 10.1 Å². The number of nitrogens with zero attached hydrogens (tertiary/aromatic N) is 2. The van der Waals surface area contributed by atoms with Crippen LogP contribution in [0.1, 0.15) is 12.8 Å². The summed E-state index contributed by atoms with van der Waals surface area (Å²) in [6.45, 7) is 1.05. The first-order valence-corrected chi connectivity index (χ1v) is 3.08. The zero-order valence-electron chi connectivity index (χ0n) is 6.04. The van der Waals surface area contributed by atoms with E-state index in [1.54, 1.807) is 0 Å². The Labute approximate surface area is 56.0 Å². The van der Waals surface area contributed by atoms with E-state index >= 15 is 0 Å². The summed E-state index contributed by atoms with van der Waals surface area (Å²) in [7, 11) is 4.05. The number of oxime groups is 1. The van der Waals surface area contributed by atoms with Gasteiger partial charge in [-0.05, 0) is 33.5 Å². The van der Waals surface area contributed by atoms with Crippen molar-refractivity contribution in [1.29, 1.82) is 0 Å². The molecule has 0 aliphatic heterocycles. The minimum absolute atomic E-state index is 0.856. The Kier molecular flexibility index (Phi) is 5.21. The van der Waals surface area contributed by atoms with Crippen LogP contribution in [-0.2, 0) is 0 Å². The van der Waals surface area contributed by atoms with Crippen LogP contribution < -0.4 is 0 Å². The normalized spacial score (nSPS) is 11.4. The van der Waals surface area contributed by atoms with Crippen molar-refractivity contribution in [3.63, 3.8) is 0 Å². The summed E-state index contributed by atoms with van der Waals surface area (Å²) in [4.78, 5) is 2.10. The van der Waals surface area contributed by atoms with E-state index < -0.39 is 0 Å². The second-order valence-corrected chi connectivity index (χ2v) is 2.24. The molecule has 0 heterocycles. The molecule has 3 heteroatoms. The highest BCUT2D eigenvalue weighted by Gasteiger charge is 1.86. The molecule has 0 fully saturated rings. The number of rotatable bonds is 4. The molecule has 0 radical (unpaired) electrons. The third-order valence-electron chi connectivity index (χ3n) is 1.02. The minimum Gasteiger partial charge on any atom is -0.411 e. The molecule has 0 aromatic carbocycles. The van der Waals surface area contributed by atoms with Gasteiger partial charge in [0.1, 0.15) is 0 Å².